The van der Waals surface area contributed by atoms with Gasteiger partial charge >= 0.3 is 11.3 Å². The molecule has 0 aliphatic rings. The largest absolute Gasteiger partial charge is 0.418 e. The Morgan fingerprint density at radius 1 is 1.30 bits per heavy atom. The highest BCUT2D eigenvalue weighted by atomic mass is 32.2. The highest BCUT2D eigenvalue weighted by Crippen LogP contribution is 2.34. The van der Waals surface area contributed by atoms with Gasteiger partial charge in [0, 0.05) is 5.39 Å². The molecular weight excluding hydrogens is 298 g/mol. The van der Waals surface area contributed by atoms with Crippen molar-refractivity contribution in [3.8, 4) is 0 Å². The number of fused-ring (bicyclic) bond motifs is 1. The van der Waals surface area contributed by atoms with Crippen molar-refractivity contribution in [2.75, 3.05) is 11.5 Å². The van der Waals surface area contributed by atoms with Crippen molar-refractivity contribution in [1.82, 2.24) is 0 Å². The molecule has 7 heteroatoms. The van der Waals surface area contributed by atoms with Crippen molar-refractivity contribution in [2.24, 2.45) is 0 Å². The molecule has 1 aromatic heterocycles. The summed E-state index contributed by atoms with van der Waals surface area (Å²) in [5.74, 6) is 1.48. The Hall–Kier alpha value is -1.47. The van der Waals surface area contributed by atoms with E-state index in [0.29, 0.717) is 21.6 Å². The molecule has 2 aromatic rings. The van der Waals surface area contributed by atoms with Gasteiger partial charge in [-0.2, -0.15) is 12.6 Å². The molecule has 0 spiro atoms. The molecule has 0 aliphatic heterocycles. The zero-order valence-corrected chi connectivity index (χ0v) is 12.3. The first-order valence-electron chi connectivity index (χ1n) is 6.09. The van der Waals surface area contributed by atoms with Crippen molar-refractivity contribution in [3.05, 3.63) is 44.8 Å². The summed E-state index contributed by atoms with van der Waals surface area (Å²) in [6.07, 6.45) is 1.82. The average molecular weight is 311 g/mol. The van der Waals surface area contributed by atoms with Gasteiger partial charge in [0.25, 0.3) is 0 Å². The molecule has 5 nitrogen and oxygen atoms in total. The predicted octanol–water partition coefficient (Wildman–Crippen LogP) is 3.50. The zero-order chi connectivity index (χ0) is 14.5. The maximum Gasteiger partial charge on any atom is 0.416 e. The summed E-state index contributed by atoms with van der Waals surface area (Å²) < 4.78 is 5.00. The summed E-state index contributed by atoms with van der Waals surface area (Å²) in [6, 6.07) is 6.86. The molecule has 0 fully saturated rings. The standard InChI is InChI=1S/C13H13NO4S2/c15-13-11(14(16)17)12(20-8-4-3-7-19)9-5-1-2-6-10(9)18-13/h1-2,5-6,19H,3-4,7-8H2. The normalized spacial score (nSPS) is 10.8. The number of hydrogen-bond donors (Lipinski definition) is 1. The molecule has 0 radical (unpaired) electrons. The van der Waals surface area contributed by atoms with E-state index in [1.807, 2.05) is 0 Å². The Morgan fingerprint density at radius 3 is 2.75 bits per heavy atom. The average Bonchev–Trinajstić information content (AvgIpc) is 2.42. The third-order valence-corrected chi connectivity index (χ3v) is 4.24. The van der Waals surface area contributed by atoms with Crippen molar-refractivity contribution >= 4 is 41.0 Å². The summed E-state index contributed by atoms with van der Waals surface area (Å²) in [7, 11) is 0. The number of unbranched alkanes of at least 4 members (excludes halogenated alkanes) is 1. The Balaban J connectivity index is 2.49. The SMILES string of the molecule is O=c1oc2ccccc2c(SCCCCS)c1[N+](=O)[O-]. The summed E-state index contributed by atoms with van der Waals surface area (Å²) >= 11 is 5.45. The first-order chi connectivity index (χ1) is 9.65. The number of benzene rings is 1. The minimum Gasteiger partial charge on any atom is -0.418 e. The minimum absolute atomic E-state index is 0.375. The van der Waals surface area contributed by atoms with Crippen LogP contribution in [0.4, 0.5) is 5.69 Å². The van der Waals surface area contributed by atoms with Crippen LogP contribution in [0.5, 0.6) is 0 Å². The Kier molecular flexibility index (Phi) is 5.08. The molecule has 2 rings (SSSR count). The molecule has 0 saturated carbocycles. The topological polar surface area (TPSA) is 73.3 Å². The number of hydrogen-bond acceptors (Lipinski definition) is 6. The molecule has 20 heavy (non-hydrogen) atoms. The second kappa shape index (κ2) is 6.81. The van der Waals surface area contributed by atoms with E-state index in [1.54, 1.807) is 24.3 Å². The third kappa shape index (κ3) is 3.16. The third-order valence-electron chi connectivity index (χ3n) is 2.72. The van der Waals surface area contributed by atoms with E-state index in [-0.39, 0.29) is 0 Å². The quantitative estimate of drug-likeness (QED) is 0.221. The van der Waals surface area contributed by atoms with Crippen molar-refractivity contribution < 1.29 is 9.34 Å². The lowest BCUT2D eigenvalue weighted by atomic mass is 10.2. The van der Waals surface area contributed by atoms with E-state index in [0.717, 1.165) is 18.6 Å². The van der Waals surface area contributed by atoms with Gasteiger partial charge in [0.2, 0.25) is 0 Å². The van der Waals surface area contributed by atoms with Crippen molar-refractivity contribution in [1.29, 1.82) is 0 Å². The van der Waals surface area contributed by atoms with Gasteiger partial charge in [-0.3, -0.25) is 10.1 Å². The van der Waals surface area contributed by atoms with E-state index in [9.17, 15) is 14.9 Å². The summed E-state index contributed by atoms with van der Waals surface area (Å²) in [5, 5.41) is 11.7. The van der Waals surface area contributed by atoms with Crippen molar-refractivity contribution in [2.45, 2.75) is 17.7 Å². The monoisotopic (exact) mass is 311 g/mol. The van der Waals surface area contributed by atoms with Crippen LogP contribution in [-0.2, 0) is 0 Å². The fourth-order valence-electron chi connectivity index (χ4n) is 1.80. The van der Waals surface area contributed by atoms with Crippen LogP contribution in [0.2, 0.25) is 0 Å². The van der Waals surface area contributed by atoms with E-state index in [4.69, 9.17) is 4.42 Å². The van der Waals surface area contributed by atoms with Crippen LogP contribution in [0.3, 0.4) is 0 Å². The highest BCUT2D eigenvalue weighted by Gasteiger charge is 2.24. The van der Waals surface area contributed by atoms with Gasteiger partial charge in [-0.05, 0) is 36.5 Å². The van der Waals surface area contributed by atoms with Gasteiger partial charge in [0.1, 0.15) is 10.5 Å². The van der Waals surface area contributed by atoms with Gasteiger partial charge in [-0.25, -0.2) is 4.79 Å². The van der Waals surface area contributed by atoms with Crippen LogP contribution in [0, 0.1) is 10.1 Å². The van der Waals surface area contributed by atoms with Crippen molar-refractivity contribution in [3.63, 3.8) is 0 Å². The zero-order valence-electron chi connectivity index (χ0n) is 10.6. The lowest BCUT2D eigenvalue weighted by Gasteiger charge is -2.05. The summed E-state index contributed by atoms with van der Waals surface area (Å²) in [5.41, 5.74) is -0.996. The van der Waals surface area contributed by atoms with Gasteiger partial charge < -0.3 is 4.42 Å². The van der Waals surface area contributed by atoms with E-state index >= 15 is 0 Å². The molecular formula is C13H13NO4S2. The van der Waals surface area contributed by atoms with E-state index < -0.39 is 16.2 Å². The lowest BCUT2D eigenvalue weighted by Crippen LogP contribution is -2.08. The Bertz CT molecular complexity index is 684. The smallest absolute Gasteiger partial charge is 0.416 e. The number of thioether (sulfide) groups is 1. The maximum absolute atomic E-state index is 11.8. The lowest BCUT2D eigenvalue weighted by molar-refractivity contribution is -0.390. The molecule has 0 saturated heterocycles. The number of thiol groups is 1. The second-order valence-electron chi connectivity index (χ2n) is 4.10. The molecule has 0 aliphatic carbocycles. The Morgan fingerprint density at radius 2 is 2.05 bits per heavy atom. The molecule has 0 N–H and O–H groups in total. The number of rotatable bonds is 6. The summed E-state index contributed by atoms with van der Waals surface area (Å²) in [4.78, 5) is 22.6. The first-order valence-corrected chi connectivity index (χ1v) is 7.71. The predicted molar refractivity (Wildman–Crippen MR) is 82.9 cm³/mol. The van der Waals surface area contributed by atoms with Crippen LogP contribution in [0.1, 0.15) is 12.8 Å². The number of para-hydroxylation sites is 1. The molecule has 0 unspecified atom stereocenters. The fraction of sp³-hybridized carbons (Fsp3) is 0.308. The molecule has 1 aromatic carbocycles. The van der Waals surface area contributed by atoms with Crippen LogP contribution in [-0.4, -0.2) is 16.4 Å². The van der Waals surface area contributed by atoms with E-state index in [1.165, 1.54) is 11.8 Å². The minimum atomic E-state index is -0.898. The molecule has 1 heterocycles. The van der Waals surface area contributed by atoms with Crippen LogP contribution < -0.4 is 5.63 Å². The van der Waals surface area contributed by atoms with Crippen LogP contribution in [0.25, 0.3) is 11.0 Å². The van der Waals surface area contributed by atoms with Gasteiger partial charge in [-0.15, -0.1) is 11.8 Å². The number of nitrogens with zero attached hydrogens (tertiary/aromatic N) is 1. The van der Waals surface area contributed by atoms with Gasteiger partial charge in [0.15, 0.2) is 0 Å². The highest BCUT2D eigenvalue weighted by molar-refractivity contribution is 7.99. The van der Waals surface area contributed by atoms with Gasteiger partial charge in [-0.1, -0.05) is 12.1 Å². The molecule has 0 atom stereocenters. The maximum atomic E-state index is 11.8. The molecule has 0 amide bonds. The van der Waals surface area contributed by atoms with Gasteiger partial charge in [0.05, 0.1) is 4.92 Å². The first kappa shape index (κ1) is 14.9. The fourth-order valence-corrected chi connectivity index (χ4v) is 3.20. The van der Waals surface area contributed by atoms with E-state index in [2.05, 4.69) is 12.6 Å². The molecule has 106 valence electrons. The summed E-state index contributed by atoms with van der Waals surface area (Å²) in [6.45, 7) is 0. The Labute approximate surface area is 124 Å². The number of nitro groups is 1. The van der Waals surface area contributed by atoms with Crippen LogP contribution in [0.15, 0.2) is 38.4 Å². The molecule has 0 bridgehead atoms. The second-order valence-corrected chi connectivity index (χ2v) is 5.65. The van der Waals surface area contributed by atoms with Crippen LogP contribution >= 0.6 is 24.4 Å².